The van der Waals surface area contributed by atoms with E-state index in [1.807, 2.05) is 13.0 Å². The Balaban J connectivity index is 1.83. The zero-order valence-electron chi connectivity index (χ0n) is 11.2. The molecule has 19 heavy (non-hydrogen) atoms. The van der Waals surface area contributed by atoms with E-state index >= 15 is 0 Å². The number of rotatable bonds is 6. The van der Waals surface area contributed by atoms with Crippen molar-refractivity contribution in [1.82, 2.24) is 0 Å². The Morgan fingerprint density at radius 2 is 2.37 bits per heavy atom. The van der Waals surface area contributed by atoms with Crippen LogP contribution in [0.2, 0.25) is 0 Å². The number of hydrogen-bond acceptors (Lipinski definition) is 3. The molecule has 1 heterocycles. The lowest BCUT2D eigenvalue weighted by molar-refractivity contribution is 0.0690. The molecule has 1 aromatic carbocycles. The molecule has 1 unspecified atom stereocenters. The molecule has 0 amide bonds. The lowest BCUT2D eigenvalue weighted by atomic mass is 10.1. The predicted molar refractivity (Wildman–Crippen MR) is 71.8 cm³/mol. The van der Waals surface area contributed by atoms with Crippen molar-refractivity contribution in [1.29, 1.82) is 0 Å². The number of benzene rings is 1. The molecule has 4 heteroatoms. The Kier molecular flexibility index (Phi) is 4.80. The van der Waals surface area contributed by atoms with E-state index in [1.54, 1.807) is 12.1 Å². The van der Waals surface area contributed by atoms with E-state index in [2.05, 4.69) is 0 Å². The summed E-state index contributed by atoms with van der Waals surface area (Å²) in [4.78, 5) is 11.1. The monoisotopic (exact) mass is 264 g/mol. The normalized spacial score (nSPS) is 18.5. The lowest BCUT2D eigenvalue weighted by Crippen LogP contribution is -2.09. The molecule has 0 aliphatic carbocycles. The second-order valence-corrected chi connectivity index (χ2v) is 4.93. The molecule has 1 N–H and O–H groups in total. The fourth-order valence-electron chi connectivity index (χ4n) is 2.30. The van der Waals surface area contributed by atoms with Crippen LogP contribution in [0.4, 0.5) is 0 Å². The van der Waals surface area contributed by atoms with Crippen molar-refractivity contribution in [3.05, 3.63) is 29.3 Å². The van der Waals surface area contributed by atoms with Crippen molar-refractivity contribution in [3.8, 4) is 5.75 Å². The Morgan fingerprint density at radius 1 is 1.53 bits per heavy atom. The zero-order valence-corrected chi connectivity index (χ0v) is 11.2. The van der Waals surface area contributed by atoms with Gasteiger partial charge in [-0.05, 0) is 44.7 Å². The van der Waals surface area contributed by atoms with E-state index in [0.717, 1.165) is 37.9 Å². The summed E-state index contributed by atoms with van der Waals surface area (Å²) in [7, 11) is 0. The Hall–Kier alpha value is -1.55. The second-order valence-electron chi connectivity index (χ2n) is 4.93. The van der Waals surface area contributed by atoms with Crippen molar-refractivity contribution < 1.29 is 19.4 Å². The van der Waals surface area contributed by atoms with Crippen LogP contribution in [0.15, 0.2) is 18.2 Å². The van der Waals surface area contributed by atoms with Gasteiger partial charge in [0.1, 0.15) is 11.3 Å². The molecule has 1 atom stereocenters. The van der Waals surface area contributed by atoms with E-state index in [9.17, 15) is 4.79 Å². The maximum absolute atomic E-state index is 11.1. The third kappa shape index (κ3) is 3.96. The van der Waals surface area contributed by atoms with Crippen LogP contribution in [0.3, 0.4) is 0 Å². The summed E-state index contributed by atoms with van der Waals surface area (Å²) in [5.41, 5.74) is 1.15. The molecule has 0 aromatic heterocycles. The van der Waals surface area contributed by atoms with E-state index in [-0.39, 0.29) is 5.56 Å². The first-order valence-corrected chi connectivity index (χ1v) is 6.75. The summed E-state index contributed by atoms with van der Waals surface area (Å²) >= 11 is 0. The molecule has 0 spiro atoms. The van der Waals surface area contributed by atoms with Gasteiger partial charge in [-0.3, -0.25) is 0 Å². The van der Waals surface area contributed by atoms with Crippen LogP contribution in [0, 0.1) is 6.92 Å². The van der Waals surface area contributed by atoms with Crippen molar-refractivity contribution in [3.63, 3.8) is 0 Å². The fraction of sp³-hybridized carbons (Fsp3) is 0.533. The molecule has 1 aliphatic rings. The van der Waals surface area contributed by atoms with Gasteiger partial charge in [-0.15, -0.1) is 0 Å². The molecular formula is C15H20O4. The summed E-state index contributed by atoms with van der Waals surface area (Å²) < 4.78 is 11.1. The Labute approximate surface area is 113 Å². The smallest absolute Gasteiger partial charge is 0.339 e. The lowest BCUT2D eigenvalue weighted by Gasteiger charge is -2.12. The third-order valence-corrected chi connectivity index (χ3v) is 3.32. The zero-order chi connectivity index (χ0) is 13.7. The molecule has 1 aromatic rings. The molecule has 104 valence electrons. The second kappa shape index (κ2) is 6.57. The number of ether oxygens (including phenoxy) is 2. The minimum atomic E-state index is -0.946. The summed E-state index contributed by atoms with van der Waals surface area (Å²) in [6.07, 6.45) is 4.50. The number of hydrogen-bond donors (Lipinski definition) is 1. The predicted octanol–water partition coefficient (Wildman–Crippen LogP) is 3.03. The van der Waals surface area contributed by atoms with E-state index < -0.39 is 5.97 Å². The Bertz CT molecular complexity index is 436. The first kappa shape index (κ1) is 13.9. The molecule has 4 nitrogen and oxygen atoms in total. The highest BCUT2D eigenvalue weighted by atomic mass is 16.5. The first-order valence-electron chi connectivity index (χ1n) is 6.75. The Morgan fingerprint density at radius 3 is 3.05 bits per heavy atom. The van der Waals surface area contributed by atoms with Crippen LogP contribution in [0.25, 0.3) is 0 Å². The van der Waals surface area contributed by atoms with Gasteiger partial charge in [-0.1, -0.05) is 11.6 Å². The molecule has 0 saturated carbocycles. The largest absolute Gasteiger partial charge is 0.493 e. The number of carbonyl (C=O) groups is 1. The molecule has 0 radical (unpaired) electrons. The van der Waals surface area contributed by atoms with Crippen molar-refractivity contribution in [2.75, 3.05) is 13.2 Å². The summed E-state index contributed by atoms with van der Waals surface area (Å²) in [5.74, 6) is -0.497. The van der Waals surface area contributed by atoms with Crippen LogP contribution < -0.4 is 4.74 Å². The van der Waals surface area contributed by atoms with E-state index in [1.165, 1.54) is 0 Å². The SMILES string of the molecule is Cc1ccc(OCCCC2CCCO2)c(C(=O)O)c1. The van der Waals surface area contributed by atoms with Gasteiger partial charge < -0.3 is 14.6 Å². The van der Waals surface area contributed by atoms with Gasteiger partial charge in [0.05, 0.1) is 12.7 Å². The van der Waals surface area contributed by atoms with Gasteiger partial charge in [0.15, 0.2) is 0 Å². The quantitative estimate of drug-likeness (QED) is 0.802. The van der Waals surface area contributed by atoms with Gasteiger partial charge in [-0.2, -0.15) is 0 Å². The maximum Gasteiger partial charge on any atom is 0.339 e. The topological polar surface area (TPSA) is 55.8 Å². The van der Waals surface area contributed by atoms with Crippen LogP contribution >= 0.6 is 0 Å². The average molecular weight is 264 g/mol. The summed E-state index contributed by atoms with van der Waals surface area (Å²) in [6, 6.07) is 5.23. The van der Waals surface area contributed by atoms with Gasteiger partial charge in [0.2, 0.25) is 0 Å². The highest BCUT2D eigenvalue weighted by Gasteiger charge is 2.15. The molecule has 1 fully saturated rings. The summed E-state index contributed by atoms with van der Waals surface area (Å²) in [6.45, 7) is 3.27. The van der Waals surface area contributed by atoms with Gasteiger partial charge >= 0.3 is 5.97 Å². The molecule has 1 aliphatic heterocycles. The van der Waals surface area contributed by atoms with Crippen LogP contribution in [0.1, 0.15) is 41.6 Å². The number of carboxylic acid groups (broad SMARTS) is 1. The third-order valence-electron chi connectivity index (χ3n) is 3.32. The maximum atomic E-state index is 11.1. The highest BCUT2D eigenvalue weighted by Crippen LogP contribution is 2.21. The highest BCUT2D eigenvalue weighted by molar-refractivity contribution is 5.91. The van der Waals surface area contributed by atoms with Crippen LogP contribution in [-0.2, 0) is 4.74 Å². The first-order chi connectivity index (χ1) is 9.16. The fourth-order valence-corrected chi connectivity index (χ4v) is 2.30. The van der Waals surface area contributed by atoms with Gasteiger partial charge in [-0.25, -0.2) is 4.79 Å². The number of aromatic carboxylic acids is 1. The molecule has 0 bridgehead atoms. The molecule has 2 rings (SSSR count). The van der Waals surface area contributed by atoms with E-state index in [4.69, 9.17) is 14.6 Å². The number of aryl methyl sites for hydroxylation is 1. The van der Waals surface area contributed by atoms with E-state index in [0.29, 0.717) is 18.5 Å². The van der Waals surface area contributed by atoms with Gasteiger partial charge in [0, 0.05) is 6.61 Å². The molecular weight excluding hydrogens is 244 g/mol. The van der Waals surface area contributed by atoms with Crippen LogP contribution in [0.5, 0.6) is 5.75 Å². The van der Waals surface area contributed by atoms with Crippen molar-refractivity contribution in [2.45, 2.75) is 38.7 Å². The standard InChI is InChI=1S/C15H20O4/c1-11-6-7-14(13(10-11)15(16)17)19-9-3-5-12-4-2-8-18-12/h6-7,10,12H,2-5,8-9H2,1H3,(H,16,17). The number of carboxylic acids is 1. The minimum absolute atomic E-state index is 0.233. The molecule has 1 saturated heterocycles. The van der Waals surface area contributed by atoms with Crippen molar-refractivity contribution in [2.24, 2.45) is 0 Å². The van der Waals surface area contributed by atoms with Crippen molar-refractivity contribution >= 4 is 5.97 Å². The summed E-state index contributed by atoms with van der Waals surface area (Å²) in [5, 5.41) is 9.12. The average Bonchev–Trinajstić information content (AvgIpc) is 2.89. The van der Waals surface area contributed by atoms with Crippen LogP contribution in [-0.4, -0.2) is 30.4 Å². The minimum Gasteiger partial charge on any atom is -0.493 e. The van der Waals surface area contributed by atoms with Gasteiger partial charge in [0.25, 0.3) is 0 Å².